The van der Waals surface area contributed by atoms with Crippen molar-refractivity contribution in [2.24, 2.45) is 17.6 Å². The number of likely N-dealkylation sites (tertiary alicyclic amines) is 1. The first kappa shape index (κ1) is 16.2. The Labute approximate surface area is 127 Å². The van der Waals surface area contributed by atoms with Crippen LogP contribution >= 0.6 is 0 Å². The van der Waals surface area contributed by atoms with Gasteiger partial charge < -0.3 is 15.4 Å². The molecule has 1 heterocycles. The maximum absolute atomic E-state index is 14.0. The van der Waals surface area contributed by atoms with Crippen LogP contribution in [0.2, 0.25) is 0 Å². The molecule has 21 heavy (non-hydrogen) atoms. The molecular formula is C17H27FN2O. The Bertz CT molecular complexity index is 464. The van der Waals surface area contributed by atoms with Crippen LogP contribution in [0.25, 0.3) is 0 Å². The first-order chi connectivity index (χ1) is 10.0. The monoisotopic (exact) mass is 294 g/mol. The second-order valence-corrected chi connectivity index (χ2v) is 6.34. The van der Waals surface area contributed by atoms with Gasteiger partial charge in [-0.1, -0.05) is 19.9 Å². The normalized spacial score (nSPS) is 21.0. The van der Waals surface area contributed by atoms with Gasteiger partial charge in [-0.25, -0.2) is 4.39 Å². The van der Waals surface area contributed by atoms with Crippen molar-refractivity contribution < 1.29 is 9.13 Å². The maximum Gasteiger partial charge on any atom is 0.131 e. The van der Waals surface area contributed by atoms with Crippen LogP contribution in [0.4, 0.5) is 4.39 Å². The molecule has 1 aliphatic heterocycles. The average Bonchev–Trinajstić information content (AvgIpc) is 2.93. The van der Waals surface area contributed by atoms with Crippen molar-refractivity contribution in [3.05, 3.63) is 29.6 Å². The van der Waals surface area contributed by atoms with E-state index < -0.39 is 0 Å². The van der Waals surface area contributed by atoms with Crippen LogP contribution in [0.1, 0.15) is 38.3 Å². The van der Waals surface area contributed by atoms with Gasteiger partial charge in [-0.15, -0.1) is 0 Å². The number of methoxy groups -OCH3 is 1. The van der Waals surface area contributed by atoms with E-state index in [4.69, 9.17) is 10.5 Å². The summed E-state index contributed by atoms with van der Waals surface area (Å²) in [6, 6.07) is 4.54. The van der Waals surface area contributed by atoms with Gasteiger partial charge >= 0.3 is 0 Å². The predicted octanol–water partition coefficient (Wildman–Crippen LogP) is 3.20. The van der Waals surface area contributed by atoms with Crippen molar-refractivity contribution >= 4 is 0 Å². The number of hydrogen-bond acceptors (Lipinski definition) is 3. The zero-order valence-electron chi connectivity index (χ0n) is 13.3. The molecule has 1 aromatic rings. The molecule has 2 unspecified atom stereocenters. The molecule has 0 aromatic heterocycles. The lowest BCUT2D eigenvalue weighted by atomic mass is 9.95. The lowest BCUT2D eigenvalue weighted by Gasteiger charge is -2.21. The summed E-state index contributed by atoms with van der Waals surface area (Å²) in [7, 11) is 1.55. The lowest BCUT2D eigenvalue weighted by molar-refractivity contribution is 0.290. The van der Waals surface area contributed by atoms with Gasteiger partial charge in [0, 0.05) is 18.2 Å². The van der Waals surface area contributed by atoms with Crippen molar-refractivity contribution in [1.29, 1.82) is 0 Å². The fourth-order valence-electron chi connectivity index (χ4n) is 3.13. The third-order valence-corrected chi connectivity index (χ3v) is 4.61. The average molecular weight is 294 g/mol. The van der Waals surface area contributed by atoms with E-state index in [9.17, 15) is 4.39 Å². The minimum atomic E-state index is -0.320. The molecule has 1 aliphatic rings. The van der Waals surface area contributed by atoms with Gasteiger partial charge in [0.1, 0.15) is 11.6 Å². The maximum atomic E-state index is 14.0. The SMILES string of the molecule is COc1cccc(F)c1C(N)CCN1CCC(C(C)C)C1. The van der Waals surface area contributed by atoms with Gasteiger partial charge in [0.15, 0.2) is 0 Å². The molecule has 0 amide bonds. The molecule has 0 spiro atoms. The van der Waals surface area contributed by atoms with E-state index in [2.05, 4.69) is 18.7 Å². The van der Waals surface area contributed by atoms with Gasteiger partial charge in [0.2, 0.25) is 0 Å². The van der Waals surface area contributed by atoms with Gasteiger partial charge in [0.25, 0.3) is 0 Å². The molecule has 118 valence electrons. The Morgan fingerprint density at radius 2 is 2.19 bits per heavy atom. The van der Waals surface area contributed by atoms with Crippen molar-refractivity contribution in [1.82, 2.24) is 4.90 Å². The van der Waals surface area contributed by atoms with Crippen LogP contribution < -0.4 is 10.5 Å². The highest BCUT2D eigenvalue weighted by molar-refractivity contribution is 5.37. The fraction of sp³-hybridized carbons (Fsp3) is 0.647. The van der Waals surface area contributed by atoms with Crippen molar-refractivity contribution in [3.8, 4) is 5.75 Å². The topological polar surface area (TPSA) is 38.5 Å². The highest BCUT2D eigenvalue weighted by atomic mass is 19.1. The van der Waals surface area contributed by atoms with Crippen LogP contribution in [-0.2, 0) is 0 Å². The molecule has 0 aliphatic carbocycles. The van der Waals surface area contributed by atoms with E-state index in [-0.39, 0.29) is 11.9 Å². The third kappa shape index (κ3) is 3.95. The third-order valence-electron chi connectivity index (χ3n) is 4.61. The van der Waals surface area contributed by atoms with Crippen LogP contribution in [0, 0.1) is 17.7 Å². The summed E-state index contributed by atoms with van der Waals surface area (Å²) in [5.74, 6) is 1.78. The molecular weight excluding hydrogens is 267 g/mol. The molecule has 3 nitrogen and oxygen atoms in total. The number of halogens is 1. The van der Waals surface area contributed by atoms with E-state index >= 15 is 0 Å². The van der Waals surface area contributed by atoms with E-state index in [0.717, 1.165) is 37.9 Å². The van der Waals surface area contributed by atoms with Crippen LogP contribution in [0.15, 0.2) is 18.2 Å². The number of nitrogens with zero attached hydrogens (tertiary/aromatic N) is 1. The van der Waals surface area contributed by atoms with Crippen molar-refractivity contribution in [2.75, 3.05) is 26.7 Å². The Morgan fingerprint density at radius 3 is 2.81 bits per heavy atom. The molecule has 0 bridgehead atoms. The summed E-state index contributed by atoms with van der Waals surface area (Å²) in [6.45, 7) is 7.75. The minimum absolute atomic E-state index is 0.275. The lowest BCUT2D eigenvalue weighted by Crippen LogP contribution is -2.26. The number of ether oxygens (including phenoxy) is 1. The zero-order valence-corrected chi connectivity index (χ0v) is 13.3. The van der Waals surface area contributed by atoms with E-state index in [1.807, 2.05) is 0 Å². The van der Waals surface area contributed by atoms with Gasteiger partial charge in [0.05, 0.1) is 7.11 Å². The molecule has 2 atom stereocenters. The second-order valence-electron chi connectivity index (χ2n) is 6.34. The molecule has 0 radical (unpaired) electrons. The summed E-state index contributed by atoms with van der Waals surface area (Å²) in [4.78, 5) is 2.44. The van der Waals surface area contributed by atoms with E-state index in [0.29, 0.717) is 11.3 Å². The van der Waals surface area contributed by atoms with Crippen molar-refractivity contribution in [3.63, 3.8) is 0 Å². The van der Waals surface area contributed by atoms with E-state index in [1.165, 1.54) is 12.5 Å². The quantitative estimate of drug-likeness (QED) is 0.875. The number of nitrogens with two attached hydrogens (primary N) is 1. The van der Waals surface area contributed by atoms with Crippen LogP contribution in [-0.4, -0.2) is 31.6 Å². The van der Waals surface area contributed by atoms with Gasteiger partial charge in [-0.05, 0) is 49.9 Å². The molecule has 1 fully saturated rings. The molecule has 0 saturated carbocycles. The number of hydrogen-bond donors (Lipinski definition) is 1. The highest BCUT2D eigenvalue weighted by Gasteiger charge is 2.25. The van der Waals surface area contributed by atoms with Crippen molar-refractivity contribution in [2.45, 2.75) is 32.7 Å². The Morgan fingerprint density at radius 1 is 1.43 bits per heavy atom. The van der Waals surface area contributed by atoms with Crippen LogP contribution in [0.3, 0.4) is 0 Å². The molecule has 4 heteroatoms. The number of benzene rings is 1. The Hall–Kier alpha value is -1.13. The molecule has 1 aromatic carbocycles. The first-order valence-electron chi connectivity index (χ1n) is 7.83. The van der Waals surface area contributed by atoms with Gasteiger partial charge in [-0.2, -0.15) is 0 Å². The van der Waals surface area contributed by atoms with E-state index in [1.54, 1.807) is 19.2 Å². The minimum Gasteiger partial charge on any atom is -0.496 e. The largest absolute Gasteiger partial charge is 0.496 e. The number of rotatable bonds is 6. The van der Waals surface area contributed by atoms with Crippen LogP contribution in [0.5, 0.6) is 5.75 Å². The molecule has 2 rings (SSSR count). The summed E-state index contributed by atoms with van der Waals surface area (Å²) < 4.78 is 19.2. The highest BCUT2D eigenvalue weighted by Crippen LogP contribution is 2.29. The second kappa shape index (κ2) is 7.23. The smallest absolute Gasteiger partial charge is 0.131 e. The summed E-state index contributed by atoms with van der Waals surface area (Å²) in [5, 5.41) is 0. The summed E-state index contributed by atoms with van der Waals surface area (Å²) in [5.41, 5.74) is 6.70. The Balaban J connectivity index is 1.92. The molecule has 2 N–H and O–H groups in total. The summed E-state index contributed by atoms with van der Waals surface area (Å²) in [6.07, 6.45) is 2.01. The standard InChI is InChI=1S/C17H27FN2O/c1-12(2)13-7-9-20(11-13)10-8-15(19)17-14(18)5-4-6-16(17)21-3/h4-6,12-13,15H,7-11,19H2,1-3H3. The Kier molecular flexibility index (Phi) is 5.59. The first-order valence-corrected chi connectivity index (χ1v) is 7.83. The molecule has 1 saturated heterocycles. The zero-order chi connectivity index (χ0) is 15.4. The fourth-order valence-corrected chi connectivity index (χ4v) is 3.13. The summed E-state index contributed by atoms with van der Waals surface area (Å²) >= 11 is 0. The predicted molar refractivity (Wildman–Crippen MR) is 83.9 cm³/mol. The van der Waals surface area contributed by atoms with Gasteiger partial charge in [-0.3, -0.25) is 0 Å².